The van der Waals surface area contributed by atoms with E-state index in [1.54, 1.807) is 19.1 Å². The lowest BCUT2D eigenvalue weighted by molar-refractivity contribution is 0.0526. The van der Waals surface area contributed by atoms with Crippen molar-refractivity contribution < 1.29 is 24.2 Å². The van der Waals surface area contributed by atoms with Gasteiger partial charge in [0.2, 0.25) is 0 Å². The van der Waals surface area contributed by atoms with Crippen molar-refractivity contribution in [3.8, 4) is 28.1 Å². The first kappa shape index (κ1) is 23.4. The summed E-state index contributed by atoms with van der Waals surface area (Å²) in [6, 6.07) is 23.3. The summed E-state index contributed by atoms with van der Waals surface area (Å²) in [4.78, 5) is 25.3. The minimum Gasteiger partial charge on any atom is -0.505 e. The molecule has 0 spiro atoms. The van der Waals surface area contributed by atoms with E-state index in [2.05, 4.69) is 15.5 Å². The molecule has 4 rings (SSSR count). The number of para-hydroxylation sites is 1. The van der Waals surface area contributed by atoms with E-state index in [4.69, 9.17) is 9.47 Å². The van der Waals surface area contributed by atoms with Crippen LogP contribution < -0.4 is 5.32 Å². The molecule has 0 radical (unpaired) electrons. The highest BCUT2D eigenvalue weighted by Gasteiger charge is 2.26. The smallest absolute Gasteiger partial charge is 0.342 e. The van der Waals surface area contributed by atoms with Crippen LogP contribution in [-0.2, 0) is 9.47 Å². The van der Waals surface area contributed by atoms with Gasteiger partial charge in [0.05, 0.1) is 19.4 Å². The maximum atomic E-state index is 13.3. The molecule has 1 heterocycles. The number of hydrogen-bond donors (Lipinski definition) is 2. The third-order valence-corrected chi connectivity index (χ3v) is 5.26. The van der Waals surface area contributed by atoms with Gasteiger partial charge in [-0.2, -0.15) is 0 Å². The number of carbonyl (C=O) groups excluding carboxylic acids is 2. The Balaban J connectivity index is 1.96. The molecule has 2 N–H and O–H groups in total. The molecule has 0 bridgehead atoms. The second kappa shape index (κ2) is 10.5. The van der Waals surface area contributed by atoms with Gasteiger partial charge in [0, 0.05) is 11.1 Å². The van der Waals surface area contributed by atoms with Crippen LogP contribution in [0.15, 0.2) is 78.9 Å². The second-order valence-corrected chi connectivity index (χ2v) is 7.42. The second-order valence-electron chi connectivity index (χ2n) is 7.42. The zero-order valence-electron chi connectivity index (χ0n) is 19.2. The van der Waals surface area contributed by atoms with Crippen LogP contribution in [0.5, 0.6) is 5.75 Å². The molecule has 176 valence electrons. The number of methoxy groups -OCH3 is 1. The minimum atomic E-state index is -0.702. The van der Waals surface area contributed by atoms with Crippen LogP contribution in [0.25, 0.3) is 22.4 Å². The van der Waals surface area contributed by atoms with Gasteiger partial charge >= 0.3 is 11.9 Å². The van der Waals surface area contributed by atoms with E-state index in [0.717, 1.165) is 11.1 Å². The highest BCUT2D eigenvalue weighted by molar-refractivity contribution is 6.06. The number of benzene rings is 3. The van der Waals surface area contributed by atoms with Crippen LogP contribution in [0.1, 0.15) is 27.6 Å². The van der Waals surface area contributed by atoms with Crippen molar-refractivity contribution in [2.45, 2.75) is 6.92 Å². The zero-order valence-corrected chi connectivity index (χ0v) is 19.2. The number of phenolic OH excluding ortho intramolecular Hbond substituents is 1. The Labute approximate surface area is 202 Å². The molecular weight excluding hydrogens is 446 g/mol. The number of carbonyl (C=O) groups is 2. The fourth-order valence-electron chi connectivity index (χ4n) is 3.66. The van der Waals surface area contributed by atoms with E-state index >= 15 is 0 Å². The van der Waals surface area contributed by atoms with Gasteiger partial charge in [-0.3, -0.25) is 0 Å². The zero-order chi connectivity index (χ0) is 24.8. The lowest BCUT2D eigenvalue weighted by atomic mass is 9.95. The first-order valence-electron chi connectivity index (χ1n) is 10.9. The molecule has 0 saturated carbocycles. The summed E-state index contributed by atoms with van der Waals surface area (Å²) >= 11 is 0. The largest absolute Gasteiger partial charge is 0.505 e. The average molecular weight is 469 g/mol. The predicted molar refractivity (Wildman–Crippen MR) is 132 cm³/mol. The highest BCUT2D eigenvalue weighted by atomic mass is 16.5. The third-order valence-electron chi connectivity index (χ3n) is 5.26. The Bertz CT molecular complexity index is 1360. The number of nitrogens with one attached hydrogen (secondary N) is 1. The van der Waals surface area contributed by atoms with E-state index in [1.807, 2.05) is 60.7 Å². The number of esters is 2. The molecule has 0 fully saturated rings. The van der Waals surface area contributed by atoms with Gasteiger partial charge < -0.3 is 19.9 Å². The quantitative estimate of drug-likeness (QED) is 0.280. The van der Waals surface area contributed by atoms with E-state index in [0.29, 0.717) is 11.3 Å². The first-order chi connectivity index (χ1) is 17.0. The fraction of sp³-hybridized carbons (Fsp3) is 0.111. The Morgan fingerprint density at radius 3 is 2.14 bits per heavy atom. The summed E-state index contributed by atoms with van der Waals surface area (Å²) in [6.07, 6.45) is 0. The average Bonchev–Trinajstić information content (AvgIpc) is 2.90. The highest BCUT2D eigenvalue weighted by Crippen LogP contribution is 2.38. The van der Waals surface area contributed by atoms with E-state index < -0.39 is 11.9 Å². The van der Waals surface area contributed by atoms with Crippen LogP contribution >= 0.6 is 0 Å². The molecule has 3 aromatic carbocycles. The van der Waals surface area contributed by atoms with Crippen molar-refractivity contribution in [2.24, 2.45) is 0 Å². The molecule has 8 heteroatoms. The van der Waals surface area contributed by atoms with Crippen molar-refractivity contribution in [1.29, 1.82) is 0 Å². The van der Waals surface area contributed by atoms with Gasteiger partial charge in [0.15, 0.2) is 11.6 Å². The number of hydrogen-bond acceptors (Lipinski definition) is 8. The van der Waals surface area contributed by atoms with Gasteiger partial charge in [-0.15, -0.1) is 10.2 Å². The van der Waals surface area contributed by atoms with Gasteiger partial charge in [-0.05, 0) is 24.6 Å². The summed E-state index contributed by atoms with van der Waals surface area (Å²) in [5, 5.41) is 22.4. The van der Waals surface area contributed by atoms with Crippen LogP contribution in [0.3, 0.4) is 0 Å². The summed E-state index contributed by atoms with van der Waals surface area (Å²) in [5.74, 6) is -1.58. The van der Waals surface area contributed by atoms with Gasteiger partial charge in [-0.25, -0.2) is 9.59 Å². The summed E-state index contributed by atoms with van der Waals surface area (Å²) < 4.78 is 10.1. The van der Waals surface area contributed by atoms with Crippen molar-refractivity contribution in [2.75, 3.05) is 19.0 Å². The number of nitrogens with zero attached hydrogens (tertiary/aromatic N) is 2. The molecule has 0 unspecified atom stereocenters. The molecular formula is C27H23N3O5. The van der Waals surface area contributed by atoms with Crippen LogP contribution in [0, 0.1) is 0 Å². The number of aromatic hydroxyl groups is 1. The van der Waals surface area contributed by atoms with E-state index in [1.165, 1.54) is 13.2 Å². The topological polar surface area (TPSA) is 111 Å². The Hall–Kier alpha value is -4.72. The fourth-order valence-corrected chi connectivity index (χ4v) is 3.66. The Kier molecular flexibility index (Phi) is 7.02. The van der Waals surface area contributed by atoms with E-state index in [9.17, 15) is 14.7 Å². The maximum Gasteiger partial charge on any atom is 0.342 e. The monoisotopic (exact) mass is 469 g/mol. The molecule has 0 amide bonds. The number of anilines is 2. The Morgan fingerprint density at radius 2 is 1.51 bits per heavy atom. The first-order valence-corrected chi connectivity index (χ1v) is 10.9. The third kappa shape index (κ3) is 4.81. The standard InChI is InChI=1S/C27H23N3O5/c1-3-35-27(33)22-21(17-11-6-4-7-12-17)23(18-13-8-5-9-14-18)29-30-25(22)28-20-16-10-15-19(24(20)31)26(32)34-2/h4-16,31H,3H2,1-2H3,(H,28,30). The predicted octanol–water partition coefficient (Wildman–Crippen LogP) is 5.22. The lowest BCUT2D eigenvalue weighted by Crippen LogP contribution is -2.14. The molecule has 35 heavy (non-hydrogen) atoms. The van der Waals surface area contributed by atoms with Crippen molar-refractivity contribution >= 4 is 23.4 Å². The molecule has 0 aliphatic rings. The van der Waals surface area contributed by atoms with Gasteiger partial charge in [0.1, 0.15) is 16.8 Å². The normalized spacial score (nSPS) is 10.5. The van der Waals surface area contributed by atoms with Crippen LogP contribution in [0.4, 0.5) is 11.5 Å². The van der Waals surface area contributed by atoms with E-state index in [-0.39, 0.29) is 35.0 Å². The Morgan fingerprint density at radius 1 is 0.857 bits per heavy atom. The number of ether oxygens (including phenoxy) is 2. The van der Waals surface area contributed by atoms with Gasteiger partial charge in [-0.1, -0.05) is 66.7 Å². The number of aromatic nitrogens is 2. The van der Waals surface area contributed by atoms with Crippen LogP contribution in [-0.4, -0.2) is 41.0 Å². The molecule has 0 atom stereocenters. The molecule has 0 aliphatic carbocycles. The summed E-state index contributed by atoms with van der Waals surface area (Å²) in [7, 11) is 1.22. The van der Waals surface area contributed by atoms with Crippen molar-refractivity contribution in [3.05, 3.63) is 90.0 Å². The molecule has 8 nitrogen and oxygen atoms in total. The lowest BCUT2D eigenvalue weighted by Gasteiger charge is -2.18. The van der Waals surface area contributed by atoms with Crippen molar-refractivity contribution in [3.63, 3.8) is 0 Å². The molecule has 1 aromatic heterocycles. The summed E-state index contributed by atoms with van der Waals surface area (Å²) in [6.45, 7) is 1.87. The number of rotatable bonds is 7. The maximum absolute atomic E-state index is 13.3. The molecule has 0 aliphatic heterocycles. The van der Waals surface area contributed by atoms with Gasteiger partial charge in [0.25, 0.3) is 0 Å². The van der Waals surface area contributed by atoms with Crippen molar-refractivity contribution in [1.82, 2.24) is 10.2 Å². The minimum absolute atomic E-state index is 0.0349. The molecule has 0 saturated heterocycles. The summed E-state index contributed by atoms with van der Waals surface area (Å²) in [5.41, 5.74) is 2.79. The van der Waals surface area contributed by atoms with Crippen LogP contribution in [0.2, 0.25) is 0 Å². The SMILES string of the molecule is CCOC(=O)c1c(Nc2cccc(C(=O)OC)c2O)nnc(-c2ccccc2)c1-c1ccccc1. The molecule has 4 aromatic rings. The number of phenols is 1.